The standard InChI is InChI=1S/C21H17FN4O2/c22-15-8-5-13(6-9-15)11-24-21-19(16-3-1-2-4-17(16)27)25-18-10-7-14(20(23)28)12-26(18)21/h1-10,12,24,27H,11H2,(H2,23,28). The summed E-state index contributed by atoms with van der Waals surface area (Å²) in [7, 11) is 0. The maximum absolute atomic E-state index is 13.2. The molecule has 0 aliphatic rings. The first-order chi connectivity index (χ1) is 13.5. The van der Waals surface area contributed by atoms with Crippen molar-refractivity contribution in [2.24, 2.45) is 5.73 Å². The number of fused-ring (bicyclic) bond motifs is 1. The zero-order valence-electron chi connectivity index (χ0n) is 14.8. The van der Waals surface area contributed by atoms with Crippen LogP contribution in [0.4, 0.5) is 10.2 Å². The van der Waals surface area contributed by atoms with E-state index in [9.17, 15) is 14.3 Å². The zero-order valence-corrected chi connectivity index (χ0v) is 14.8. The van der Waals surface area contributed by atoms with E-state index in [4.69, 9.17) is 5.73 Å². The highest BCUT2D eigenvalue weighted by Crippen LogP contribution is 2.34. The van der Waals surface area contributed by atoms with E-state index in [2.05, 4.69) is 10.3 Å². The average molecular weight is 376 g/mol. The second kappa shape index (κ2) is 7.03. The number of hydrogen-bond acceptors (Lipinski definition) is 4. The van der Waals surface area contributed by atoms with Crippen LogP contribution in [0.1, 0.15) is 15.9 Å². The molecule has 2 heterocycles. The fraction of sp³-hybridized carbons (Fsp3) is 0.0476. The summed E-state index contributed by atoms with van der Waals surface area (Å²) in [6.07, 6.45) is 1.60. The molecule has 0 bridgehead atoms. The van der Waals surface area contributed by atoms with E-state index < -0.39 is 5.91 Å². The highest BCUT2D eigenvalue weighted by Gasteiger charge is 2.17. The molecular formula is C21H17FN4O2. The Bertz CT molecular complexity index is 1170. The largest absolute Gasteiger partial charge is 0.507 e. The number of benzene rings is 2. The van der Waals surface area contributed by atoms with Gasteiger partial charge in [0.25, 0.3) is 0 Å². The minimum Gasteiger partial charge on any atom is -0.507 e. The maximum Gasteiger partial charge on any atom is 0.250 e. The molecule has 6 nitrogen and oxygen atoms in total. The van der Waals surface area contributed by atoms with Gasteiger partial charge in [-0.1, -0.05) is 24.3 Å². The molecule has 4 rings (SSSR count). The van der Waals surface area contributed by atoms with Gasteiger partial charge in [0, 0.05) is 18.3 Å². The topological polar surface area (TPSA) is 92.7 Å². The van der Waals surface area contributed by atoms with Crippen molar-refractivity contribution in [1.82, 2.24) is 9.38 Å². The number of imidazole rings is 1. The molecule has 140 valence electrons. The number of rotatable bonds is 5. The van der Waals surface area contributed by atoms with Crippen molar-refractivity contribution in [2.45, 2.75) is 6.54 Å². The summed E-state index contributed by atoms with van der Waals surface area (Å²) < 4.78 is 14.9. The third kappa shape index (κ3) is 3.25. The lowest BCUT2D eigenvalue weighted by Gasteiger charge is -2.10. The number of primary amides is 1. The van der Waals surface area contributed by atoms with Crippen LogP contribution in [0.25, 0.3) is 16.9 Å². The van der Waals surface area contributed by atoms with Gasteiger partial charge >= 0.3 is 0 Å². The Morgan fingerprint density at radius 1 is 1.11 bits per heavy atom. The Labute approximate surface area is 160 Å². The number of phenolic OH excluding ortho intramolecular Hbond substituents is 1. The first-order valence-corrected chi connectivity index (χ1v) is 8.61. The molecule has 7 heteroatoms. The number of aromatic nitrogens is 2. The predicted octanol–water partition coefficient (Wildman–Crippen LogP) is 3.56. The third-order valence-electron chi connectivity index (χ3n) is 4.44. The normalized spacial score (nSPS) is 10.9. The third-order valence-corrected chi connectivity index (χ3v) is 4.44. The Morgan fingerprint density at radius 2 is 1.86 bits per heavy atom. The van der Waals surface area contributed by atoms with E-state index in [0.29, 0.717) is 34.8 Å². The molecule has 0 saturated carbocycles. The van der Waals surface area contributed by atoms with Gasteiger partial charge in [-0.15, -0.1) is 0 Å². The summed E-state index contributed by atoms with van der Waals surface area (Å²) in [5.41, 5.74) is 8.27. The monoisotopic (exact) mass is 376 g/mol. The minimum absolute atomic E-state index is 0.0888. The van der Waals surface area contributed by atoms with Crippen LogP contribution in [0.2, 0.25) is 0 Å². The highest BCUT2D eigenvalue weighted by atomic mass is 19.1. The number of carbonyl (C=O) groups is 1. The number of anilines is 1. The van der Waals surface area contributed by atoms with Crippen molar-refractivity contribution < 1.29 is 14.3 Å². The van der Waals surface area contributed by atoms with E-state index in [-0.39, 0.29) is 11.6 Å². The number of aromatic hydroxyl groups is 1. The lowest BCUT2D eigenvalue weighted by molar-refractivity contribution is 0.1000. The van der Waals surface area contributed by atoms with Crippen LogP contribution >= 0.6 is 0 Å². The molecular weight excluding hydrogens is 359 g/mol. The lowest BCUT2D eigenvalue weighted by atomic mass is 10.1. The number of nitrogens with one attached hydrogen (secondary N) is 1. The number of nitrogens with two attached hydrogens (primary N) is 1. The van der Waals surface area contributed by atoms with Gasteiger partial charge in [-0.25, -0.2) is 9.37 Å². The van der Waals surface area contributed by atoms with Crippen molar-refractivity contribution in [3.8, 4) is 17.0 Å². The van der Waals surface area contributed by atoms with Gasteiger partial charge in [-0.05, 0) is 42.0 Å². The van der Waals surface area contributed by atoms with Gasteiger partial charge in [0.1, 0.15) is 28.7 Å². The highest BCUT2D eigenvalue weighted by molar-refractivity contribution is 5.93. The summed E-state index contributed by atoms with van der Waals surface area (Å²) in [6, 6.07) is 16.3. The SMILES string of the molecule is NC(=O)c1ccc2nc(-c3ccccc3O)c(NCc3ccc(F)cc3)n2c1. The smallest absolute Gasteiger partial charge is 0.250 e. The molecule has 2 aromatic heterocycles. The molecule has 0 spiro atoms. The second-order valence-corrected chi connectivity index (χ2v) is 6.32. The fourth-order valence-electron chi connectivity index (χ4n) is 3.01. The van der Waals surface area contributed by atoms with Crippen LogP contribution in [0.5, 0.6) is 5.75 Å². The number of nitrogens with zero attached hydrogens (tertiary/aromatic N) is 2. The number of phenols is 1. The average Bonchev–Trinajstić information content (AvgIpc) is 3.05. The summed E-state index contributed by atoms with van der Waals surface area (Å²) in [6.45, 7) is 0.398. The van der Waals surface area contributed by atoms with Gasteiger partial charge in [-0.3, -0.25) is 9.20 Å². The maximum atomic E-state index is 13.2. The molecule has 0 aliphatic heterocycles. The number of hydrogen-bond donors (Lipinski definition) is 3. The molecule has 2 aromatic carbocycles. The molecule has 0 radical (unpaired) electrons. The first-order valence-electron chi connectivity index (χ1n) is 8.61. The summed E-state index contributed by atoms with van der Waals surface area (Å²) in [5, 5.41) is 13.6. The van der Waals surface area contributed by atoms with Gasteiger partial charge < -0.3 is 16.2 Å². The summed E-state index contributed by atoms with van der Waals surface area (Å²) in [4.78, 5) is 16.2. The molecule has 4 N–H and O–H groups in total. The molecule has 4 aromatic rings. The van der Waals surface area contributed by atoms with Gasteiger partial charge in [-0.2, -0.15) is 0 Å². The van der Waals surface area contributed by atoms with Crippen LogP contribution in [0, 0.1) is 5.82 Å². The number of para-hydroxylation sites is 1. The second-order valence-electron chi connectivity index (χ2n) is 6.32. The number of pyridine rings is 1. The van der Waals surface area contributed by atoms with Crippen LogP contribution in [0.15, 0.2) is 66.9 Å². The lowest BCUT2D eigenvalue weighted by Crippen LogP contribution is -2.12. The first kappa shape index (κ1) is 17.5. The number of amides is 1. The van der Waals surface area contributed by atoms with E-state index >= 15 is 0 Å². The van der Waals surface area contributed by atoms with Crippen LogP contribution in [-0.4, -0.2) is 20.4 Å². The summed E-state index contributed by atoms with van der Waals surface area (Å²) in [5.74, 6) is -0.182. The van der Waals surface area contributed by atoms with E-state index in [1.54, 1.807) is 59.1 Å². The van der Waals surface area contributed by atoms with Gasteiger partial charge in [0.05, 0.1) is 5.56 Å². The molecule has 0 fully saturated rings. The zero-order chi connectivity index (χ0) is 19.7. The quantitative estimate of drug-likeness (QED) is 0.497. The molecule has 0 saturated heterocycles. The van der Waals surface area contributed by atoms with Gasteiger partial charge in [0.2, 0.25) is 5.91 Å². The number of halogens is 1. The molecule has 0 atom stereocenters. The predicted molar refractivity (Wildman–Crippen MR) is 105 cm³/mol. The molecule has 1 amide bonds. The van der Waals surface area contributed by atoms with Crippen molar-refractivity contribution in [1.29, 1.82) is 0 Å². The van der Waals surface area contributed by atoms with Crippen LogP contribution in [-0.2, 0) is 6.54 Å². The van der Waals surface area contributed by atoms with Crippen molar-refractivity contribution in [2.75, 3.05) is 5.32 Å². The Morgan fingerprint density at radius 3 is 2.57 bits per heavy atom. The fourth-order valence-corrected chi connectivity index (χ4v) is 3.01. The molecule has 0 unspecified atom stereocenters. The van der Waals surface area contributed by atoms with E-state index in [0.717, 1.165) is 5.56 Å². The van der Waals surface area contributed by atoms with Crippen LogP contribution < -0.4 is 11.1 Å². The van der Waals surface area contributed by atoms with Crippen molar-refractivity contribution in [3.63, 3.8) is 0 Å². The van der Waals surface area contributed by atoms with E-state index in [1.165, 1.54) is 12.1 Å². The van der Waals surface area contributed by atoms with E-state index in [1.807, 2.05) is 0 Å². The number of carbonyl (C=O) groups excluding carboxylic acids is 1. The Hall–Kier alpha value is -3.87. The van der Waals surface area contributed by atoms with Crippen molar-refractivity contribution >= 4 is 17.4 Å². The van der Waals surface area contributed by atoms with Crippen LogP contribution in [0.3, 0.4) is 0 Å². The minimum atomic E-state index is -0.552. The Balaban J connectivity index is 1.83. The van der Waals surface area contributed by atoms with Crippen molar-refractivity contribution in [3.05, 3.63) is 83.8 Å². The Kier molecular flexibility index (Phi) is 4.41. The van der Waals surface area contributed by atoms with Gasteiger partial charge in [0.15, 0.2) is 0 Å². The summed E-state index contributed by atoms with van der Waals surface area (Å²) >= 11 is 0. The molecule has 0 aliphatic carbocycles. The molecule has 28 heavy (non-hydrogen) atoms.